The number of benzene rings is 4. The fourth-order valence-corrected chi connectivity index (χ4v) is 6.02. The molecule has 2 N–H and O–H groups in total. The molecule has 0 amide bonds. The maximum atomic E-state index is 4.95. The summed E-state index contributed by atoms with van der Waals surface area (Å²) in [5, 5.41) is 8.34. The normalized spacial score (nSPS) is 12.4. The predicted molar refractivity (Wildman–Crippen MR) is 145 cm³/mol. The van der Waals surface area contributed by atoms with Crippen LogP contribution in [0.3, 0.4) is 0 Å². The molecule has 4 aromatic carbocycles. The van der Waals surface area contributed by atoms with Gasteiger partial charge in [-0.3, -0.25) is 0 Å². The molecule has 0 saturated heterocycles. The standard InChI is InChI=1S/C29H24N4S/c1-4-24-30-23-10-7-18-13-16(5-8-19(18)25(23)31-24)17-6-9-20-22(14-17)28-21(11-12-34-28)27-26(20)32-29(33-27)15(2)3/h5-15H,4H2,1-3H3,(H,30,31)(H,32,33). The van der Waals surface area contributed by atoms with Crippen LogP contribution in [0.2, 0.25) is 0 Å². The zero-order chi connectivity index (χ0) is 23.0. The monoisotopic (exact) mass is 460 g/mol. The number of rotatable bonds is 3. The van der Waals surface area contributed by atoms with Crippen LogP contribution in [-0.4, -0.2) is 19.9 Å². The van der Waals surface area contributed by atoms with E-state index < -0.39 is 0 Å². The van der Waals surface area contributed by atoms with Gasteiger partial charge in [0, 0.05) is 38.6 Å². The van der Waals surface area contributed by atoms with Crippen molar-refractivity contribution >= 4 is 65.0 Å². The van der Waals surface area contributed by atoms with Gasteiger partial charge in [0.25, 0.3) is 0 Å². The molecule has 7 rings (SSSR count). The number of nitrogens with zero attached hydrogens (tertiary/aromatic N) is 2. The molecule has 0 aliphatic carbocycles. The smallest absolute Gasteiger partial charge is 0.109 e. The van der Waals surface area contributed by atoms with Gasteiger partial charge in [0.1, 0.15) is 11.6 Å². The van der Waals surface area contributed by atoms with Gasteiger partial charge in [-0.1, -0.05) is 51.1 Å². The maximum absolute atomic E-state index is 4.95. The number of imidazole rings is 2. The highest BCUT2D eigenvalue weighted by Crippen LogP contribution is 2.39. The van der Waals surface area contributed by atoms with Gasteiger partial charge in [-0.05, 0) is 46.2 Å². The molecule has 0 radical (unpaired) electrons. The Bertz CT molecular complexity index is 1880. The van der Waals surface area contributed by atoms with Crippen LogP contribution in [0.5, 0.6) is 0 Å². The molecule has 0 saturated carbocycles. The Labute approximate surface area is 200 Å². The molecule has 0 atom stereocenters. The van der Waals surface area contributed by atoms with E-state index in [1.54, 1.807) is 11.3 Å². The van der Waals surface area contributed by atoms with E-state index in [9.17, 15) is 0 Å². The van der Waals surface area contributed by atoms with Crippen molar-refractivity contribution in [2.24, 2.45) is 0 Å². The number of aromatic amines is 2. The second-order valence-corrected chi connectivity index (χ2v) is 10.3. The molecule has 0 aliphatic heterocycles. The zero-order valence-corrected chi connectivity index (χ0v) is 20.2. The largest absolute Gasteiger partial charge is 0.342 e. The first-order chi connectivity index (χ1) is 16.6. The highest BCUT2D eigenvalue weighted by molar-refractivity contribution is 7.18. The Balaban J connectivity index is 1.45. The molecule has 0 bridgehead atoms. The quantitative estimate of drug-likeness (QED) is 0.278. The summed E-state index contributed by atoms with van der Waals surface area (Å²) in [5.41, 5.74) is 6.83. The molecule has 0 fully saturated rings. The Kier molecular flexibility index (Phi) is 4.15. The summed E-state index contributed by atoms with van der Waals surface area (Å²) in [4.78, 5) is 16.8. The molecule has 3 aromatic heterocycles. The minimum atomic E-state index is 0.363. The van der Waals surface area contributed by atoms with Gasteiger partial charge in [0.05, 0.1) is 22.1 Å². The lowest BCUT2D eigenvalue weighted by molar-refractivity contribution is 0.799. The topological polar surface area (TPSA) is 57.4 Å². The van der Waals surface area contributed by atoms with E-state index in [2.05, 4.69) is 90.7 Å². The average molecular weight is 461 g/mol. The first-order valence-electron chi connectivity index (χ1n) is 11.8. The molecular formula is C29H24N4S. The van der Waals surface area contributed by atoms with E-state index in [0.29, 0.717) is 5.92 Å². The van der Waals surface area contributed by atoms with Gasteiger partial charge < -0.3 is 9.97 Å². The van der Waals surface area contributed by atoms with Gasteiger partial charge >= 0.3 is 0 Å². The first-order valence-corrected chi connectivity index (χ1v) is 12.7. The van der Waals surface area contributed by atoms with E-state index in [-0.39, 0.29) is 0 Å². The summed E-state index contributed by atoms with van der Waals surface area (Å²) < 4.78 is 1.30. The van der Waals surface area contributed by atoms with Crippen LogP contribution in [0.15, 0.2) is 60.0 Å². The van der Waals surface area contributed by atoms with Gasteiger partial charge in [-0.2, -0.15) is 0 Å². The first kappa shape index (κ1) is 19.7. The molecule has 7 aromatic rings. The lowest BCUT2D eigenvalue weighted by atomic mass is 9.97. The number of hydrogen-bond acceptors (Lipinski definition) is 3. The van der Waals surface area contributed by atoms with Crippen LogP contribution < -0.4 is 0 Å². The van der Waals surface area contributed by atoms with E-state index >= 15 is 0 Å². The van der Waals surface area contributed by atoms with Crippen LogP contribution in [0, 0.1) is 0 Å². The third-order valence-corrected chi connectivity index (χ3v) is 7.86. The molecule has 0 aliphatic rings. The predicted octanol–water partition coefficient (Wildman–Crippen LogP) is 8.31. The number of hydrogen-bond donors (Lipinski definition) is 2. The maximum Gasteiger partial charge on any atom is 0.109 e. The van der Waals surface area contributed by atoms with Gasteiger partial charge in [-0.25, -0.2) is 9.97 Å². The zero-order valence-electron chi connectivity index (χ0n) is 19.4. The van der Waals surface area contributed by atoms with E-state index in [1.807, 2.05) is 0 Å². The molecule has 3 heterocycles. The second kappa shape index (κ2) is 7.15. The molecule has 34 heavy (non-hydrogen) atoms. The number of nitrogens with one attached hydrogen (secondary N) is 2. The SMILES string of the molecule is CCc1nc2c(ccc3cc(-c4ccc5c(c4)c4sccc4c4nc(C(C)C)[nH]c54)ccc32)[nH]1. The highest BCUT2D eigenvalue weighted by Gasteiger charge is 2.16. The molecule has 5 heteroatoms. The number of H-pyrrole nitrogens is 2. The van der Waals surface area contributed by atoms with Crippen LogP contribution in [0.4, 0.5) is 0 Å². The summed E-state index contributed by atoms with van der Waals surface area (Å²) in [5.74, 6) is 2.44. The van der Waals surface area contributed by atoms with Crippen molar-refractivity contribution in [1.29, 1.82) is 0 Å². The molecule has 166 valence electrons. The van der Waals surface area contributed by atoms with Gasteiger partial charge in [-0.15, -0.1) is 11.3 Å². The summed E-state index contributed by atoms with van der Waals surface area (Å²) in [7, 11) is 0. The third-order valence-electron chi connectivity index (χ3n) is 6.91. The van der Waals surface area contributed by atoms with Crippen molar-refractivity contribution in [3.63, 3.8) is 0 Å². The summed E-state index contributed by atoms with van der Waals surface area (Å²) in [6.07, 6.45) is 0.908. The lowest BCUT2D eigenvalue weighted by Gasteiger charge is -2.08. The number of aryl methyl sites for hydroxylation is 1. The Morgan fingerprint density at radius 1 is 0.794 bits per heavy atom. The van der Waals surface area contributed by atoms with Crippen molar-refractivity contribution in [3.05, 3.63) is 71.6 Å². The van der Waals surface area contributed by atoms with E-state index in [4.69, 9.17) is 9.97 Å². The van der Waals surface area contributed by atoms with Crippen molar-refractivity contribution in [3.8, 4) is 11.1 Å². The highest BCUT2D eigenvalue weighted by atomic mass is 32.1. The van der Waals surface area contributed by atoms with E-state index in [1.165, 1.54) is 42.8 Å². The van der Waals surface area contributed by atoms with Gasteiger partial charge in [0.15, 0.2) is 0 Å². The minimum Gasteiger partial charge on any atom is -0.342 e. The Morgan fingerprint density at radius 2 is 1.62 bits per heavy atom. The van der Waals surface area contributed by atoms with Crippen LogP contribution in [0.25, 0.3) is 64.8 Å². The van der Waals surface area contributed by atoms with Crippen LogP contribution in [0.1, 0.15) is 38.3 Å². The van der Waals surface area contributed by atoms with Gasteiger partial charge in [0.2, 0.25) is 0 Å². The summed E-state index contributed by atoms with van der Waals surface area (Å²) in [6.45, 7) is 6.49. The summed E-state index contributed by atoms with van der Waals surface area (Å²) in [6, 6.07) is 20.1. The minimum absolute atomic E-state index is 0.363. The molecular weight excluding hydrogens is 436 g/mol. The lowest BCUT2D eigenvalue weighted by Crippen LogP contribution is -1.88. The molecule has 0 unspecified atom stereocenters. The molecule has 4 nitrogen and oxygen atoms in total. The van der Waals surface area contributed by atoms with Crippen molar-refractivity contribution in [2.75, 3.05) is 0 Å². The Hall–Kier alpha value is -3.70. The van der Waals surface area contributed by atoms with Crippen LogP contribution in [-0.2, 0) is 6.42 Å². The Morgan fingerprint density at radius 3 is 2.44 bits per heavy atom. The summed E-state index contributed by atoms with van der Waals surface area (Å²) >= 11 is 1.80. The number of aromatic nitrogens is 4. The number of thiophene rings is 1. The molecule has 0 spiro atoms. The number of fused-ring (bicyclic) bond motifs is 9. The van der Waals surface area contributed by atoms with Crippen molar-refractivity contribution < 1.29 is 0 Å². The average Bonchev–Trinajstić information content (AvgIpc) is 3.60. The fraction of sp³-hybridized carbons (Fsp3) is 0.172. The van der Waals surface area contributed by atoms with Crippen molar-refractivity contribution in [1.82, 2.24) is 19.9 Å². The van der Waals surface area contributed by atoms with Crippen LogP contribution >= 0.6 is 11.3 Å². The van der Waals surface area contributed by atoms with E-state index in [0.717, 1.165) is 40.1 Å². The fourth-order valence-electron chi connectivity index (χ4n) is 5.09. The van der Waals surface area contributed by atoms with Crippen molar-refractivity contribution in [2.45, 2.75) is 33.1 Å². The third kappa shape index (κ3) is 2.77. The second-order valence-electron chi connectivity index (χ2n) is 9.36.